The van der Waals surface area contributed by atoms with Gasteiger partial charge in [-0.1, -0.05) is 11.6 Å². The average Bonchev–Trinajstić information content (AvgIpc) is 2.21. The predicted octanol–water partition coefficient (Wildman–Crippen LogP) is 4.78. The van der Waals surface area contributed by atoms with E-state index < -0.39 is 11.7 Å². The minimum atomic E-state index is -0.514. The summed E-state index contributed by atoms with van der Waals surface area (Å²) in [5.74, 6) is 0. The molecule has 1 rings (SSSR count). The van der Waals surface area contributed by atoms with Gasteiger partial charge in [0.25, 0.3) is 0 Å². The number of ether oxygens (including phenoxy) is 1. The van der Waals surface area contributed by atoms with E-state index in [1.165, 1.54) is 4.90 Å². The second-order valence-corrected chi connectivity index (χ2v) is 6.30. The molecular formula is C13H17BrClNO2. The molecule has 0 aliphatic carbocycles. The summed E-state index contributed by atoms with van der Waals surface area (Å²) < 4.78 is 6.13. The molecule has 3 nitrogen and oxygen atoms in total. The van der Waals surface area contributed by atoms with E-state index >= 15 is 0 Å². The monoisotopic (exact) mass is 333 g/mol. The number of hydrogen-bond acceptors (Lipinski definition) is 2. The van der Waals surface area contributed by atoms with Gasteiger partial charge in [-0.05, 0) is 61.3 Å². The van der Waals surface area contributed by atoms with Crippen LogP contribution in [0.15, 0.2) is 16.6 Å². The van der Waals surface area contributed by atoms with E-state index in [4.69, 9.17) is 16.3 Å². The second kappa shape index (κ2) is 5.49. The largest absolute Gasteiger partial charge is 0.443 e. The van der Waals surface area contributed by atoms with Crippen molar-refractivity contribution in [3.63, 3.8) is 0 Å². The Kier molecular flexibility index (Phi) is 4.67. The van der Waals surface area contributed by atoms with Crippen LogP contribution in [0.3, 0.4) is 0 Å². The maximum atomic E-state index is 11.9. The molecule has 0 aromatic heterocycles. The van der Waals surface area contributed by atoms with E-state index in [0.717, 1.165) is 10.0 Å². The van der Waals surface area contributed by atoms with Crippen molar-refractivity contribution >= 4 is 39.3 Å². The fraction of sp³-hybridized carbons (Fsp3) is 0.462. The molecule has 0 atom stereocenters. The third-order valence-electron chi connectivity index (χ3n) is 2.25. The quantitative estimate of drug-likeness (QED) is 0.739. The Labute approximate surface area is 121 Å². The maximum Gasteiger partial charge on any atom is 0.414 e. The summed E-state index contributed by atoms with van der Waals surface area (Å²) >= 11 is 9.46. The number of carbonyl (C=O) groups is 1. The van der Waals surface area contributed by atoms with Gasteiger partial charge in [0.2, 0.25) is 0 Å². The van der Waals surface area contributed by atoms with Gasteiger partial charge >= 0.3 is 6.09 Å². The summed E-state index contributed by atoms with van der Waals surface area (Å²) in [5, 5.41) is 0.570. The van der Waals surface area contributed by atoms with Crippen LogP contribution in [0.4, 0.5) is 10.5 Å². The Morgan fingerprint density at radius 2 is 1.94 bits per heavy atom. The van der Waals surface area contributed by atoms with Crippen molar-refractivity contribution in [2.75, 3.05) is 11.9 Å². The molecule has 5 heteroatoms. The topological polar surface area (TPSA) is 29.5 Å². The predicted molar refractivity (Wildman–Crippen MR) is 78.5 cm³/mol. The lowest BCUT2D eigenvalue weighted by molar-refractivity contribution is 0.0589. The molecule has 18 heavy (non-hydrogen) atoms. The van der Waals surface area contributed by atoms with Gasteiger partial charge < -0.3 is 4.74 Å². The molecule has 100 valence electrons. The molecule has 0 bridgehead atoms. The molecule has 1 aromatic rings. The van der Waals surface area contributed by atoms with Gasteiger partial charge in [-0.15, -0.1) is 0 Å². The van der Waals surface area contributed by atoms with E-state index in [0.29, 0.717) is 10.7 Å². The highest BCUT2D eigenvalue weighted by atomic mass is 79.9. The van der Waals surface area contributed by atoms with Gasteiger partial charge in [0.1, 0.15) is 5.60 Å². The standard InChI is InChI=1S/C13H17BrClNO2/c1-8-6-9(7-10(15)11(8)14)16(5)12(17)18-13(2,3)4/h6-7H,1-5H3. The molecule has 1 amide bonds. The van der Waals surface area contributed by atoms with Crippen LogP contribution >= 0.6 is 27.5 Å². The fourth-order valence-corrected chi connectivity index (χ4v) is 1.83. The third-order valence-corrected chi connectivity index (χ3v) is 3.83. The van der Waals surface area contributed by atoms with Crippen LogP contribution < -0.4 is 4.90 Å². The zero-order chi connectivity index (χ0) is 14.1. The van der Waals surface area contributed by atoms with E-state index in [1.807, 2.05) is 33.8 Å². The number of anilines is 1. The molecule has 0 aliphatic heterocycles. The Morgan fingerprint density at radius 3 is 2.39 bits per heavy atom. The van der Waals surface area contributed by atoms with Crippen molar-refractivity contribution < 1.29 is 9.53 Å². The normalized spacial score (nSPS) is 11.3. The molecule has 0 N–H and O–H groups in total. The summed E-state index contributed by atoms with van der Waals surface area (Å²) in [6.45, 7) is 7.41. The lowest BCUT2D eigenvalue weighted by Crippen LogP contribution is -2.34. The van der Waals surface area contributed by atoms with Crippen molar-refractivity contribution in [1.82, 2.24) is 0 Å². The van der Waals surface area contributed by atoms with E-state index in [2.05, 4.69) is 15.9 Å². The molecular weight excluding hydrogens is 318 g/mol. The van der Waals surface area contributed by atoms with Crippen LogP contribution in [0.2, 0.25) is 5.02 Å². The minimum absolute atomic E-state index is 0.403. The number of hydrogen-bond donors (Lipinski definition) is 0. The molecule has 1 aromatic carbocycles. The number of benzene rings is 1. The minimum Gasteiger partial charge on any atom is -0.443 e. The molecule has 0 spiro atoms. The Hall–Kier alpha value is -0.740. The molecule has 0 radical (unpaired) electrons. The van der Waals surface area contributed by atoms with E-state index in [1.54, 1.807) is 13.1 Å². The Balaban J connectivity index is 2.97. The summed E-state index contributed by atoms with van der Waals surface area (Å²) in [5.41, 5.74) is 1.15. The van der Waals surface area contributed by atoms with Crippen LogP contribution in [0.1, 0.15) is 26.3 Å². The molecule has 0 unspecified atom stereocenters. The first-order valence-corrected chi connectivity index (χ1v) is 6.71. The second-order valence-electron chi connectivity index (χ2n) is 5.10. The highest BCUT2D eigenvalue weighted by molar-refractivity contribution is 9.10. The van der Waals surface area contributed by atoms with Gasteiger partial charge in [-0.3, -0.25) is 4.90 Å². The number of carbonyl (C=O) groups excluding carboxylic acids is 1. The van der Waals surface area contributed by atoms with Crippen molar-refractivity contribution in [3.8, 4) is 0 Å². The van der Waals surface area contributed by atoms with Crippen molar-refractivity contribution in [1.29, 1.82) is 0 Å². The fourth-order valence-electron chi connectivity index (χ4n) is 1.34. The SMILES string of the molecule is Cc1cc(N(C)C(=O)OC(C)(C)C)cc(Cl)c1Br. The summed E-state index contributed by atoms with van der Waals surface area (Å²) in [6.07, 6.45) is -0.403. The van der Waals surface area contributed by atoms with E-state index in [-0.39, 0.29) is 0 Å². The number of rotatable bonds is 1. The molecule has 0 aliphatic rings. The summed E-state index contributed by atoms with van der Waals surface area (Å²) in [6, 6.07) is 3.60. The van der Waals surface area contributed by atoms with Gasteiger partial charge in [0.15, 0.2) is 0 Å². The van der Waals surface area contributed by atoms with Crippen molar-refractivity contribution in [3.05, 3.63) is 27.2 Å². The van der Waals surface area contributed by atoms with Crippen LogP contribution in [0.25, 0.3) is 0 Å². The van der Waals surface area contributed by atoms with Crippen LogP contribution in [-0.2, 0) is 4.74 Å². The van der Waals surface area contributed by atoms with Gasteiger partial charge in [-0.2, -0.15) is 0 Å². The van der Waals surface area contributed by atoms with Crippen LogP contribution in [0.5, 0.6) is 0 Å². The zero-order valence-electron chi connectivity index (χ0n) is 11.2. The van der Waals surface area contributed by atoms with Crippen LogP contribution in [0, 0.1) is 6.92 Å². The maximum absolute atomic E-state index is 11.9. The molecule has 0 saturated heterocycles. The first-order chi connectivity index (χ1) is 8.11. The third kappa shape index (κ3) is 3.89. The highest BCUT2D eigenvalue weighted by Gasteiger charge is 2.21. The molecule has 0 fully saturated rings. The van der Waals surface area contributed by atoms with E-state index in [9.17, 15) is 4.79 Å². The van der Waals surface area contributed by atoms with Crippen LogP contribution in [-0.4, -0.2) is 18.7 Å². The number of nitrogens with zero attached hydrogens (tertiary/aromatic N) is 1. The first-order valence-electron chi connectivity index (χ1n) is 5.54. The highest BCUT2D eigenvalue weighted by Crippen LogP contribution is 2.31. The number of amides is 1. The smallest absolute Gasteiger partial charge is 0.414 e. The summed E-state index contributed by atoms with van der Waals surface area (Å²) in [4.78, 5) is 13.4. The van der Waals surface area contributed by atoms with Crippen molar-refractivity contribution in [2.45, 2.75) is 33.3 Å². The number of halogens is 2. The number of aryl methyl sites for hydroxylation is 1. The Bertz CT molecular complexity index is 446. The van der Waals surface area contributed by atoms with Gasteiger partial charge in [-0.25, -0.2) is 4.79 Å². The molecule has 0 saturated carbocycles. The lowest BCUT2D eigenvalue weighted by Gasteiger charge is -2.25. The Morgan fingerprint density at radius 1 is 1.39 bits per heavy atom. The lowest BCUT2D eigenvalue weighted by atomic mass is 10.2. The molecule has 0 heterocycles. The summed E-state index contributed by atoms with van der Waals surface area (Å²) in [7, 11) is 1.66. The van der Waals surface area contributed by atoms with Gasteiger partial charge in [0.05, 0.1) is 5.02 Å². The average molecular weight is 335 g/mol. The van der Waals surface area contributed by atoms with Gasteiger partial charge in [0, 0.05) is 17.2 Å². The van der Waals surface area contributed by atoms with Crippen molar-refractivity contribution in [2.24, 2.45) is 0 Å². The zero-order valence-corrected chi connectivity index (χ0v) is 13.5. The first kappa shape index (κ1) is 15.3.